The molecule has 0 fully saturated rings. The van der Waals surface area contributed by atoms with Gasteiger partial charge in [-0.25, -0.2) is 0 Å². The van der Waals surface area contributed by atoms with Crippen molar-refractivity contribution in [3.63, 3.8) is 0 Å². The maximum absolute atomic E-state index is 2.30. The summed E-state index contributed by atoms with van der Waals surface area (Å²) in [6.07, 6.45) is 6.87. The van der Waals surface area contributed by atoms with Gasteiger partial charge in [-0.05, 0) is 42.2 Å². The fourth-order valence-electron chi connectivity index (χ4n) is 2.20. The van der Waals surface area contributed by atoms with Gasteiger partial charge in [0.15, 0.2) is 0 Å². The van der Waals surface area contributed by atoms with Crippen LogP contribution in [0, 0.1) is 0 Å². The molecule has 0 N–H and O–H groups in total. The average molecular weight is 242 g/mol. The van der Waals surface area contributed by atoms with E-state index in [1.54, 1.807) is 0 Å². The van der Waals surface area contributed by atoms with Crippen LogP contribution in [0.5, 0.6) is 0 Å². The third-order valence-electron chi connectivity index (χ3n) is 3.36. The molecule has 96 valence electrons. The summed E-state index contributed by atoms with van der Waals surface area (Å²) in [6, 6.07) is 8.81. The fourth-order valence-corrected chi connectivity index (χ4v) is 2.20. The smallest absolute Gasteiger partial charge is 0.0361 e. The lowest BCUT2D eigenvalue weighted by Crippen LogP contribution is -2.11. The van der Waals surface area contributed by atoms with Gasteiger partial charge in [0.2, 0.25) is 0 Å². The molecule has 0 spiro atoms. The van der Waals surface area contributed by atoms with Gasteiger partial charge in [0, 0.05) is 39.6 Å². The molecule has 0 bridgehead atoms. The van der Waals surface area contributed by atoms with Crippen LogP contribution >= 0.6 is 0 Å². The maximum Gasteiger partial charge on any atom is 0.0361 e. The molecular weight excluding hydrogens is 220 g/mol. The summed E-state index contributed by atoms with van der Waals surface area (Å²) in [5.41, 5.74) is 5.34. The average Bonchev–Trinajstić information content (AvgIpc) is 2.39. The first-order valence-electron chi connectivity index (χ1n) is 6.44. The molecule has 1 aromatic rings. The molecule has 18 heavy (non-hydrogen) atoms. The minimum atomic E-state index is 1.13. The van der Waals surface area contributed by atoms with Crippen molar-refractivity contribution in [1.29, 1.82) is 0 Å². The summed E-state index contributed by atoms with van der Waals surface area (Å²) in [6.45, 7) is 0. The Labute approximate surface area is 110 Å². The van der Waals surface area contributed by atoms with Gasteiger partial charge < -0.3 is 9.80 Å². The quantitative estimate of drug-likeness (QED) is 0.802. The first kappa shape index (κ1) is 12.7. The summed E-state index contributed by atoms with van der Waals surface area (Å²) < 4.78 is 0. The lowest BCUT2D eigenvalue weighted by atomic mass is 9.95. The van der Waals surface area contributed by atoms with E-state index in [0.717, 1.165) is 12.8 Å². The van der Waals surface area contributed by atoms with Gasteiger partial charge in [-0.1, -0.05) is 18.2 Å². The second-order valence-electron chi connectivity index (χ2n) is 5.17. The van der Waals surface area contributed by atoms with Crippen LogP contribution in [0.1, 0.15) is 18.4 Å². The Hall–Kier alpha value is -1.70. The normalized spacial score (nSPS) is 14.9. The molecule has 0 amide bonds. The van der Waals surface area contributed by atoms with Crippen molar-refractivity contribution in [2.75, 3.05) is 33.1 Å². The van der Waals surface area contributed by atoms with E-state index in [1.807, 2.05) is 0 Å². The second kappa shape index (κ2) is 5.30. The minimum Gasteiger partial charge on any atom is -0.378 e. The highest BCUT2D eigenvalue weighted by molar-refractivity contribution is 5.70. The standard InChI is InChI=1S/C16H22N2/c1-17(2)15-10-8-13(9-11-15)14-6-5-7-16(12-14)18(3)4/h7-12H,5-6H2,1-4H3. The van der Waals surface area contributed by atoms with Crippen LogP contribution in [0.25, 0.3) is 5.57 Å². The summed E-state index contributed by atoms with van der Waals surface area (Å²) in [7, 11) is 8.34. The second-order valence-corrected chi connectivity index (χ2v) is 5.17. The minimum absolute atomic E-state index is 1.13. The largest absolute Gasteiger partial charge is 0.378 e. The van der Waals surface area contributed by atoms with Crippen LogP contribution in [0.2, 0.25) is 0 Å². The van der Waals surface area contributed by atoms with Crippen LogP contribution in [0.15, 0.2) is 42.1 Å². The number of rotatable bonds is 3. The van der Waals surface area contributed by atoms with E-state index >= 15 is 0 Å². The van der Waals surface area contributed by atoms with Gasteiger partial charge in [0.25, 0.3) is 0 Å². The predicted molar refractivity (Wildman–Crippen MR) is 79.8 cm³/mol. The Balaban J connectivity index is 2.24. The number of hydrogen-bond donors (Lipinski definition) is 0. The Morgan fingerprint density at radius 3 is 2.11 bits per heavy atom. The summed E-state index contributed by atoms with van der Waals surface area (Å²) >= 11 is 0. The summed E-state index contributed by atoms with van der Waals surface area (Å²) in [5, 5.41) is 0. The topological polar surface area (TPSA) is 6.48 Å². The summed E-state index contributed by atoms with van der Waals surface area (Å²) in [5.74, 6) is 0. The summed E-state index contributed by atoms with van der Waals surface area (Å²) in [4.78, 5) is 4.30. The highest BCUT2D eigenvalue weighted by Crippen LogP contribution is 2.28. The molecule has 2 heteroatoms. The van der Waals surface area contributed by atoms with Crippen LogP contribution in [0.4, 0.5) is 5.69 Å². The van der Waals surface area contributed by atoms with Crippen molar-refractivity contribution in [1.82, 2.24) is 4.90 Å². The zero-order valence-corrected chi connectivity index (χ0v) is 11.8. The van der Waals surface area contributed by atoms with Crippen molar-refractivity contribution in [3.8, 4) is 0 Å². The number of allylic oxidation sites excluding steroid dienone is 3. The third-order valence-corrected chi connectivity index (χ3v) is 3.36. The molecule has 0 aliphatic heterocycles. The molecule has 1 aromatic carbocycles. The molecule has 0 saturated heterocycles. The monoisotopic (exact) mass is 242 g/mol. The van der Waals surface area contributed by atoms with Crippen LogP contribution in [0.3, 0.4) is 0 Å². The van der Waals surface area contributed by atoms with E-state index in [-0.39, 0.29) is 0 Å². The van der Waals surface area contributed by atoms with Gasteiger partial charge in [-0.15, -0.1) is 0 Å². The predicted octanol–water partition coefficient (Wildman–Crippen LogP) is 3.38. The highest BCUT2D eigenvalue weighted by Gasteiger charge is 2.09. The lowest BCUT2D eigenvalue weighted by Gasteiger charge is -2.20. The van der Waals surface area contributed by atoms with Gasteiger partial charge in [-0.2, -0.15) is 0 Å². The SMILES string of the molecule is CN(C)C1=CCCC(c2ccc(N(C)C)cc2)=C1. The lowest BCUT2D eigenvalue weighted by molar-refractivity contribution is 0.524. The molecule has 2 rings (SSSR count). The van der Waals surface area contributed by atoms with E-state index in [0.29, 0.717) is 0 Å². The van der Waals surface area contributed by atoms with Crippen molar-refractivity contribution in [2.45, 2.75) is 12.8 Å². The molecule has 0 radical (unpaired) electrons. The van der Waals surface area contributed by atoms with E-state index in [1.165, 1.54) is 22.5 Å². The molecule has 1 aliphatic rings. The number of anilines is 1. The van der Waals surface area contributed by atoms with Crippen LogP contribution < -0.4 is 4.90 Å². The van der Waals surface area contributed by atoms with Gasteiger partial charge in [-0.3, -0.25) is 0 Å². The number of benzene rings is 1. The van der Waals surface area contributed by atoms with Gasteiger partial charge in [0.1, 0.15) is 0 Å². The molecular formula is C16H22N2. The highest BCUT2D eigenvalue weighted by atomic mass is 15.1. The molecule has 2 nitrogen and oxygen atoms in total. The van der Waals surface area contributed by atoms with Crippen LogP contribution in [-0.2, 0) is 0 Å². The van der Waals surface area contributed by atoms with Crippen LogP contribution in [-0.4, -0.2) is 33.1 Å². The number of nitrogens with zero attached hydrogens (tertiary/aromatic N) is 2. The molecule has 0 heterocycles. The molecule has 0 atom stereocenters. The van der Waals surface area contributed by atoms with Crippen molar-refractivity contribution >= 4 is 11.3 Å². The van der Waals surface area contributed by atoms with Crippen molar-refractivity contribution < 1.29 is 0 Å². The Bertz CT molecular complexity index is 464. The maximum atomic E-state index is 2.30. The molecule has 0 unspecified atom stereocenters. The zero-order chi connectivity index (χ0) is 13.1. The molecule has 0 aromatic heterocycles. The zero-order valence-electron chi connectivity index (χ0n) is 11.8. The van der Waals surface area contributed by atoms with Crippen molar-refractivity contribution in [3.05, 3.63) is 47.7 Å². The van der Waals surface area contributed by atoms with E-state index in [4.69, 9.17) is 0 Å². The molecule has 1 aliphatic carbocycles. The fraction of sp³-hybridized carbons (Fsp3) is 0.375. The Kier molecular flexibility index (Phi) is 3.75. The first-order valence-corrected chi connectivity index (χ1v) is 6.44. The number of hydrogen-bond acceptors (Lipinski definition) is 2. The number of likely N-dealkylation sites (N-methyl/N-ethyl adjacent to an activating group) is 1. The molecule has 0 saturated carbocycles. The Morgan fingerprint density at radius 2 is 1.56 bits per heavy atom. The van der Waals surface area contributed by atoms with Gasteiger partial charge in [0.05, 0.1) is 0 Å². The van der Waals surface area contributed by atoms with E-state index in [9.17, 15) is 0 Å². The van der Waals surface area contributed by atoms with E-state index in [2.05, 4.69) is 74.4 Å². The van der Waals surface area contributed by atoms with E-state index < -0.39 is 0 Å². The third kappa shape index (κ3) is 2.76. The Morgan fingerprint density at radius 1 is 0.889 bits per heavy atom. The van der Waals surface area contributed by atoms with Gasteiger partial charge >= 0.3 is 0 Å². The van der Waals surface area contributed by atoms with Crippen molar-refractivity contribution in [2.24, 2.45) is 0 Å². The first-order chi connectivity index (χ1) is 8.58.